The third-order valence-electron chi connectivity index (χ3n) is 1.90. The first-order chi connectivity index (χ1) is 3.70. The summed E-state index contributed by atoms with van der Waals surface area (Å²) < 4.78 is 0. The smallest absolute Gasteiger partial charge is 0.00392 e. The Morgan fingerprint density at radius 1 is 1.62 bits per heavy atom. The zero-order valence-electron chi connectivity index (χ0n) is 5.35. The van der Waals surface area contributed by atoms with Crippen LogP contribution in [0.3, 0.4) is 0 Å². The van der Waals surface area contributed by atoms with Crippen LogP contribution in [-0.4, -0.2) is 0 Å². The van der Waals surface area contributed by atoms with Gasteiger partial charge in [-0.1, -0.05) is 13.5 Å². The number of hydrogen-bond donors (Lipinski definition) is 1. The van der Waals surface area contributed by atoms with Gasteiger partial charge in [0, 0.05) is 5.70 Å². The Morgan fingerprint density at radius 3 is 2.25 bits per heavy atom. The molecule has 0 radical (unpaired) electrons. The van der Waals surface area contributed by atoms with Gasteiger partial charge in [0.15, 0.2) is 0 Å². The van der Waals surface area contributed by atoms with Crippen LogP contribution in [0.5, 0.6) is 0 Å². The van der Waals surface area contributed by atoms with Crippen molar-refractivity contribution in [3.8, 4) is 0 Å². The summed E-state index contributed by atoms with van der Waals surface area (Å²) in [6, 6.07) is 0. The summed E-state index contributed by atoms with van der Waals surface area (Å²) in [6.45, 7) is 5.94. The molecule has 0 amide bonds. The molecule has 0 aliphatic heterocycles. The number of nitrogens with two attached hydrogens (primary N) is 1. The Labute approximate surface area is 50.6 Å². The van der Waals surface area contributed by atoms with Crippen LogP contribution < -0.4 is 5.73 Å². The molecule has 1 nitrogen and oxygen atoms in total. The lowest BCUT2D eigenvalue weighted by Gasteiger charge is -2.32. The molecule has 0 atom stereocenters. The second-order valence-electron chi connectivity index (χ2n) is 2.85. The van der Waals surface area contributed by atoms with E-state index in [1.807, 2.05) is 0 Å². The number of hydrogen-bond acceptors (Lipinski definition) is 1. The molecular weight excluding hydrogens is 98.1 g/mol. The van der Waals surface area contributed by atoms with Gasteiger partial charge in [-0.3, -0.25) is 0 Å². The topological polar surface area (TPSA) is 26.0 Å². The van der Waals surface area contributed by atoms with Crippen molar-refractivity contribution in [1.29, 1.82) is 0 Å². The van der Waals surface area contributed by atoms with E-state index in [4.69, 9.17) is 5.73 Å². The quantitative estimate of drug-likeness (QED) is 0.545. The second kappa shape index (κ2) is 1.81. The lowest BCUT2D eigenvalue weighted by molar-refractivity contribution is 0.248. The zero-order chi connectivity index (χ0) is 6.15. The molecule has 0 bridgehead atoms. The number of rotatable bonds is 1. The van der Waals surface area contributed by atoms with Crippen LogP contribution in [0.4, 0.5) is 0 Å². The van der Waals surface area contributed by atoms with Gasteiger partial charge >= 0.3 is 0 Å². The molecule has 0 saturated heterocycles. The predicted octanol–water partition coefficient (Wildman–Crippen LogP) is 1.50. The van der Waals surface area contributed by atoms with E-state index >= 15 is 0 Å². The summed E-state index contributed by atoms with van der Waals surface area (Å²) in [4.78, 5) is 0. The largest absolute Gasteiger partial charge is 0.402 e. The fourth-order valence-corrected chi connectivity index (χ4v) is 1.21. The normalized spacial score (nSPS) is 36.1. The Morgan fingerprint density at radius 2 is 2.12 bits per heavy atom. The van der Waals surface area contributed by atoms with Crippen molar-refractivity contribution in [1.82, 2.24) is 0 Å². The fourth-order valence-electron chi connectivity index (χ4n) is 1.21. The minimum absolute atomic E-state index is 0.644. The van der Waals surface area contributed by atoms with Gasteiger partial charge in [-0.25, -0.2) is 0 Å². The molecule has 1 aliphatic carbocycles. The van der Waals surface area contributed by atoms with Crippen molar-refractivity contribution in [2.24, 2.45) is 17.6 Å². The maximum atomic E-state index is 5.47. The molecule has 1 saturated carbocycles. The van der Waals surface area contributed by atoms with Crippen LogP contribution >= 0.6 is 0 Å². The highest BCUT2D eigenvalue weighted by Gasteiger charge is 2.25. The highest BCUT2D eigenvalue weighted by molar-refractivity contribution is 5.00. The van der Waals surface area contributed by atoms with E-state index in [1.165, 1.54) is 12.8 Å². The predicted molar refractivity (Wildman–Crippen MR) is 35.2 cm³/mol. The average Bonchev–Trinajstić information content (AvgIpc) is 1.57. The highest BCUT2D eigenvalue weighted by atomic mass is 14.6. The summed E-state index contributed by atoms with van der Waals surface area (Å²) in [5, 5.41) is 0. The molecule has 46 valence electrons. The first-order valence-corrected chi connectivity index (χ1v) is 3.14. The van der Waals surface area contributed by atoms with Gasteiger partial charge in [0.2, 0.25) is 0 Å². The lowest BCUT2D eigenvalue weighted by Crippen LogP contribution is -2.25. The van der Waals surface area contributed by atoms with E-state index in [-0.39, 0.29) is 0 Å². The van der Waals surface area contributed by atoms with E-state index in [1.54, 1.807) is 0 Å². The van der Waals surface area contributed by atoms with Crippen molar-refractivity contribution in [2.45, 2.75) is 19.8 Å². The van der Waals surface area contributed by atoms with Crippen LogP contribution in [-0.2, 0) is 0 Å². The van der Waals surface area contributed by atoms with Gasteiger partial charge in [0.1, 0.15) is 0 Å². The van der Waals surface area contributed by atoms with Crippen molar-refractivity contribution < 1.29 is 0 Å². The van der Waals surface area contributed by atoms with Crippen LogP contribution in [0, 0.1) is 11.8 Å². The SMILES string of the molecule is C=C(N)C1CC(C)C1. The third-order valence-corrected chi connectivity index (χ3v) is 1.90. The Hall–Kier alpha value is -0.460. The molecule has 0 unspecified atom stereocenters. The summed E-state index contributed by atoms with van der Waals surface area (Å²) >= 11 is 0. The van der Waals surface area contributed by atoms with Gasteiger partial charge < -0.3 is 5.73 Å². The van der Waals surface area contributed by atoms with Crippen LogP contribution in [0.1, 0.15) is 19.8 Å². The standard InChI is InChI=1S/C7H13N/c1-5-3-7(4-5)6(2)8/h5,7H,2-4,8H2,1H3. The van der Waals surface area contributed by atoms with E-state index in [2.05, 4.69) is 13.5 Å². The van der Waals surface area contributed by atoms with E-state index in [0.717, 1.165) is 11.6 Å². The van der Waals surface area contributed by atoms with Crippen molar-refractivity contribution in [3.63, 3.8) is 0 Å². The zero-order valence-corrected chi connectivity index (χ0v) is 5.35. The highest BCUT2D eigenvalue weighted by Crippen LogP contribution is 2.35. The Kier molecular flexibility index (Phi) is 1.28. The molecule has 8 heavy (non-hydrogen) atoms. The Balaban J connectivity index is 2.25. The molecule has 1 heteroatoms. The summed E-state index contributed by atoms with van der Waals surface area (Å²) in [7, 11) is 0. The molecule has 1 rings (SSSR count). The van der Waals surface area contributed by atoms with Gasteiger partial charge in [-0.15, -0.1) is 0 Å². The van der Waals surface area contributed by atoms with Crippen LogP contribution in [0.25, 0.3) is 0 Å². The van der Waals surface area contributed by atoms with E-state index in [0.29, 0.717) is 5.92 Å². The fraction of sp³-hybridized carbons (Fsp3) is 0.714. The van der Waals surface area contributed by atoms with Crippen molar-refractivity contribution >= 4 is 0 Å². The first kappa shape index (κ1) is 5.67. The number of allylic oxidation sites excluding steroid dienone is 1. The summed E-state index contributed by atoms with van der Waals surface area (Å²) in [5.74, 6) is 1.53. The van der Waals surface area contributed by atoms with Gasteiger partial charge in [-0.2, -0.15) is 0 Å². The average molecular weight is 111 g/mol. The van der Waals surface area contributed by atoms with Crippen LogP contribution in [0.2, 0.25) is 0 Å². The van der Waals surface area contributed by atoms with Gasteiger partial charge in [-0.05, 0) is 24.7 Å². The van der Waals surface area contributed by atoms with E-state index < -0.39 is 0 Å². The third kappa shape index (κ3) is 0.857. The van der Waals surface area contributed by atoms with E-state index in [9.17, 15) is 0 Å². The maximum absolute atomic E-state index is 5.47. The molecule has 0 heterocycles. The molecule has 2 N–H and O–H groups in total. The molecule has 0 aromatic carbocycles. The minimum atomic E-state index is 0.644. The van der Waals surface area contributed by atoms with Gasteiger partial charge in [0.25, 0.3) is 0 Å². The molecule has 0 spiro atoms. The molecule has 0 aromatic heterocycles. The lowest BCUT2D eigenvalue weighted by atomic mass is 9.75. The monoisotopic (exact) mass is 111 g/mol. The summed E-state index contributed by atoms with van der Waals surface area (Å²) in [5.41, 5.74) is 6.34. The minimum Gasteiger partial charge on any atom is -0.402 e. The summed E-state index contributed by atoms with van der Waals surface area (Å²) in [6.07, 6.45) is 2.52. The second-order valence-corrected chi connectivity index (χ2v) is 2.85. The van der Waals surface area contributed by atoms with Gasteiger partial charge in [0.05, 0.1) is 0 Å². The van der Waals surface area contributed by atoms with Crippen molar-refractivity contribution in [3.05, 3.63) is 12.3 Å². The molecule has 1 aliphatic rings. The molecule has 1 fully saturated rings. The first-order valence-electron chi connectivity index (χ1n) is 3.14. The Bertz CT molecular complexity index is 101. The maximum Gasteiger partial charge on any atom is 0.00392 e. The molecular formula is C7H13N. The van der Waals surface area contributed by atoms with Crippen LogP contribution in [0.15, 0.2) is 12.3 Å². The van der Waals surface area contributed by atoms with Crippen molar-refractivity contribution in [2.75, 3.05) is 0 Å². The molecule has 0 aromatic rings.